The van der Waals surface area contributed by atoms with Crippen LogP contribution in [0.25, 0.3) is 0 Å². The third-order valence-corrected chi connectivity index (χ3v) is 5.60. The maximum Gasteiger partial charge on any atom is 0.235 e. The number of anilines is 1. The molecule has 1 aromatic carbocycles. The largest absolute Gasteiger partial charge is 0.337 e. The van der Waals surface area contributed by atoms with Gasteiger partial charge < -0.3 is 16.0 Å². The Morgan fingerprint density at radius 3 is 2.72 bits per heavy atom. The molecule has 138 valence electrons. The first-order chi connectivity index (χ1) is 11.9. The second-order valence-corrected chi connectivity index (χ2v) is 7.89. The van der Waals surface area contributed by atoms with Crippen molar-refractivity contribution >= 4 is 29.3 Å². The number of nitrogens with two attached hydrogens (primary N) is 1. The molecule has 5 nitrogen and oxygen atoms in total. The van der Waals surface area contributed by atoms with Gasteiger partial charge in [0.1, 0.15) is 5.82 Å². The molecule has 7 heteroatoms. The normalized spacial score (nSPS) is 21.7. The van der Waals surface area contributed by atoms with Gasteiger partial charge in [-0.2, -0.15) is 0 Å². The monoisotopic (exact) mass is 367 g/mol. The van der Waals surface area contributed by atoms with Crippen LogP contribution in [-0.4, -0.2) is 46.8 Å². The number of hydrogen-bond donors (Lipinski definition) is 2. The van der Waals surface area contributed by atoms with E-state index < -0.39 is 0 Å². The summed E-state index contributed by atoms with van der Waals surface area (Å²) in [5.74, 6) is 0.238. The average molecular weight is 367 g/mol. The van der Waals surface area contributed by atoms with Gasteiger partial charge in [-0.05, 0) is 49.9 Å². The molecule has 0 spiro atoms. The Labute approximate surface area is 152 Å². The van der Waals surface area contributed by atoms with Crippen molar-refractivity contribution in [2.24, 2.45) is 11.7 Å². The predicted octanol–water partition coefficient (Wildman–Crippen LogP) is 2.47. The topological polar surface area (TPSA) is 75.4 Å². The van der Waals surface area contributed by atoms with Gasteiger partial charge >= 0.3 is 0 Å². The summed E-state index contributed by atoms with van der Waals surface area (Å²) in [6.45, 7) is 5.21. The van der Waals surface area contributed by atoms with Crippen LogP contribution >= 0.6 is 11.8 Å². The Hall–Kier alpha value is -1.60. The summed E-state index contributed by atoms with van der Waals surface area (Å²) < 4.78 is 12.9. The molecule has 3 unspecified atom stereocenters. The van der Waals surface area contributed by atoms with Crippen molar-refractivity contribution in [3.8, 4) is 0 Å². The number of benzene rings is 1. The molecule has 0 aliphatic carbocycles. The van der Waals surface area contributed by atoms with Crippen LogP contribution in [0, 0.1) is 11.7 Å². The summed E-state index contributed by atoms with van der Waals surface area (Å²) in [5, 5.41) is 2.39. The summed E-state index contributed by atoms with van der Waals surface area (Å²) in [6.07, 6.45) is 1.93. The fourth-order valence-corrected chi connectivity index (χ4v) is 3.75. The van der Waals surface area contributed by atoms with Crippen molar-refractivity contribution in [1.29, 1.82) is 0 Å². The number of likely N-dealkylation sites (tertiary alicyclic amines) is 1. The van der Waals surface area contributed by atoms with Gasteiger partial charge in [0, 0.05) is 24.8 Å². The van der Waals surface area contributed by atoms with E-state index in [0.29, 0.717) is 18.2 Å². The second-order valence-electron chi connectivity index (χ2n) is 6.56. The molecule has 3 atom stereocenters. The lowest BCUT2D eigenvalue weighted by Crippen LogP contribution is -2.51. The quantitative estimate of drug-likeness (QED) is 0.810. The Morgan fingerprint density at radius 2 is 2.08 bits per heavy atom. The fourth-order valence-electron chi connectivity index (χ4n) is 3.00. The minimum Gasteiger partial charge on any atom is -0.337 e. The van der Waals surface area contributed by atoms with E-state index in [0.717, 1.165) is 19.4 Å². The maximum absolute atomic E-state index is 12.9. The van der Waals surface area contributed by atoms with Gasteiger partial charge in [-0.1, -0.05) is 6.92 Å². The van der Waals surface area contributed by atoms with Gasteiger partial charge in [-0.25, -0.2) is 4.39 Å². The molecule has 1 aromatic rings. The van der Waals surface area contributed by atoms with E-state index in [9.17, 15) is 14.0 Å². The number of hydrogen-bond acceptors (Lipinski definition) is 4. The number of carbonyl (C=O) groups excluding carboxylic acids is 2. The molecule has 1 aliphatic rings. The summed E-state index contributed by atoms with van der Waals surface area (Å²) in [7, 11) is 0. The molecular formula is C18H26FN3O2S. The van der Waals surface area contributed by atoms with Crippen LogP contribution in [0.15, 0.2) is 24.3 Å². The zero-order chi connectivity index (χ0) is 18.4. The van der Waals surface area contributed by atoms with Gasteiger partial charge in [0.05, 0.1) is 11.0 Å². The lowest BCUT2D eigenvalue weighted by Gasteiger charge is -2.39. The Bertz CT molecular complexity index is 596. The van der Waals surface area contributed by atoms with E-state index in [4.69, 9.17) is 5.73 Å². The molecule has 0 radical (unpaired) electrons. The van der Waals surface area contributed by atoms with Crippen LogP contribution in [0.2, 0.25) is 0 Å². The van der Waals surface area contributed by atoms with Crippen LogP contribution in [0.3, 0.4) is 0 Å². The zero-order valence-corrected chi connectivity index (χ0v) is 15.5. The second kappa shape index (κ2) is 9.20. The van der Waals surface area contributed by atoms with Crippen LogP contribution in [0.5, 0.6) is 0 Å². The highest BCUT2D eigenvalue weighted by molar-refractivity contribution is 8.01. The zero-order valence-electron chi connectivity index (χ0n) is 14.7. The smallest absolute Gasteiger partial charge is 0.235 e. The highest BCUT2D eigenvalue weighted by Crippen LogP contribution is 2.25. The minimum atomic E-state index is -0.350. The highest BCUT2D eigenvalue weighted by Gasteiger charge is 2.31. The molecule has 2 amide bonds. The number of halogens is 1. The molecule has 3 N–H and O–H groups in total. The molecule has 2 rings (SSSR count). The Morgan fingerprint density at radius 1 is 1.40 bits per heavy atom. The van der Waals surface area contributed by atoms with Gasteiger partial charge in [0.25, 0.3) is 0 Å². The van der Waals surface area contributed by atoms with Gasteiger partial charge in [0.15, 0.2) is 0 Å². The minimum absolute atomic E-state index is 0.0435. The first-order valence-corrected chi connectivity index (χ1v) is 9.63. The number of thioether (sulfide) groups is 1. The lowest BCUT2D eigenvalue weighted by atomic mass is 9.92. The molecule has 1 aliphatic heterocycles. The van der Waals surface area contributed by atoms with Crippen molar-refractivity contribution < 1.29 is 14.0 Å². The summed E-state index contributed by atoms with van der Waals surface area (Å²) >= 11 is 1.30. The third kappa shape index (κ3) is 5.71. The van der Waals surface area contributed by atoms with Crippen molar-refractivity contribution in [3.05, 3.63) is 30.1 Å². The number of nitrogens with zero attached hydrogens (tertiary/aromatic N) is 1. The van der Waals surface area contributed by atoms with Crippen LogP contribution < -0.4 is 11.1 Å². The molecule has 1 fully saturated rings. The average Bonchev–Trinajstić information content (AvgIpc) is 2.61. The summed E-state index contributed by atoms with van der Waals surface area (Å²) in [5.41, 5.74) is 6.36. The fraction of sp³-hybridized carbons (Fsp3) is 0.556. The van der Waals surface area contributed by atoms with Crippen LogP contribution in [-0.2, 0) is 9.59 Å². The Balaban J connectivity index is 1.82. The SMILES string of the molecule is CC1CCN(C(=O)C(C)SCC(=O)Nc2ccc(F)cc2)C(CN)C1. The Kier molecular flexibility index (Phi) is 7.25. The van der Waals surface area contributed by atoms with Crippen LogP contribution in [0.1, 0.15) is 26.7 Å². The molecule has 0 aromatic heterocycles. The predicted molar refractivity (Wildman–Crippen MR) is 99.9 cm³/mol. The van der Waals surface area contributed by atoms with E-state index in [1.807, 2.05) is 11.8 Å². The van der Waals surface area contributed by atoms with Crippen molar-refractivity contribution in [3.63, 3.8) is 0 Å². The van der Waals surface area contributed by atoms with E-state index in [1.54, 1.807) is 0 Å². The summed E-state index contributed by atoms with van der Waals surface area (Å²) in [6, 6.07) is 5.69. The molecule has 0 bridgehead atoms. The molecular weight excluding hydrogens is 341 g/mol. The van der Waals surface area contributed by atoms with Gasteiger partial charge in [-0.15, -0.1) is 11.8 Å². The first-order valence-electron chi connectivity index (χ1n) is 8.58. The van der Waals surface area contributed by atoms with Crippen molar-refractivity contribution in [2.75, 3.05) is 24.2 Å². The summed E-state index contributed by atoms with van der Waals surface area (Å²) in [4.78, 5) is 26.5. The number of piperidine rings is 1. The van der Waals surface area contributed by atoms with E-state index in [2.05, 4.69) is 12.2 Å². The first kappa shape index (κ1) is 19.7. The molecule has 0 saturated carbocycles. The lowest BCUT2D eigenvalue weighted by molar-refractivity contribution is -0.134. The maximum atomic E-state index is 12.9. The number of amides is 2. The van der Waals surface area contributed by atoms with Crippen molar-refractivity contribution in [2.45, 2.75) is 38.0 Å². The number of rotatable bonds is 6. The van der Waals surface area contributed by atoms with E-state index in [1.165, 1.54) is 36.0 Å². The van der Waals surface area contributed by atoms with Crippen molar-refractivity contribution in [1.82, 2.24) is 4.90 Å². The van der Waals surface area contributed by atoms with E-state index in [-0.39, 0.29) is 34.7 Å². The molecule has 1 saturated heterocycles. The highest BCUT2D eigenvalue weighted by atomic mass is 32.2. The van der Waals surface area contributed by atoms with Gasteiger partial charge in [-0.3, -0.25) is 9.59 Å². The third-order valence-electron chi connectivity index (χ3n) is 4.47. The molecule has 25 heavy (non-hydrogen) atoms. The number of nitrogens with one attached hydrogen (secondary N) is 1. The molecule has 1 heterocycles. The van der Waals surface area contributed by atoms with E-state index >= 15 is 0 Å². The standard InChI is InChI=1S/C18H26FN3O2S/c1-12-7-8-22(16(9-12)10-20)18(24)13(2)25-11-17(23)21-15-5-3-14(19)4-6-15/h3-6,12-13,16H,7-11,20H2,1-2H3,(H,21,23). The number of carbonyl (C=O) groups is 2. The van der Waals surface area contributed by atoms with Crippen LogP contribution in [0.4, 0.5) is 10.1 Å². The van der Waals surface area contributed by atoms with Gasteiger partial charge in [0.2, 0.25) is 11.8 Å².